The van der Waals surface area contributed by atoms with Gasteiger partial charge in [0.25, 0.3) is 0 Å². The molecule has 0 unspecified atom stereocenters. The lowest BCUT2D eigenvalue weighted by Gasteiger charge is -2.33. The molecular weight excluding hydrogens is 384 g/mol. The monoisotopic (exact) mass is 410 g/mol. The molecule has 1 heterocycles. The minimum atomic E-state index is -3.18. The summed E-state index contributed by atoms with van der Waals surface area (Å²) in [6, 6.07) is 3.51. The third-order valence-electron chi connectivity index (χ3n) is 4.96. The summed E-state index contributed by atoms with van der Waals surface area (Å²) in [7, 11) is 1.42. The molecule has 0 N–H and O–H groups in total. The number of ether oxygens (including phenoxy) is 3. The zero-order valence-electron chi connectivity index (χ0n) is 16.4. The number of nitrogens with zero attached hydrogens (tertiary/aromatic N) is 2. The molecular formula is C19H26N2O6S. The number of piperazine rings is 1. The molecule has 1 aromatic rings. The van der Waals surface area contributed by atoms with Crippen LogP contribution in [0.4, 0.5) is 0 Å². The summed E-state index contributed by atoms with van der Waals surface area (Å²) in [5.74, 6) is 1.35. The van der Waals surface area contributed by atoms with Crippen molar-refractivity contribution in [2.45, 2.75) is 18.1 Å². The fourth-order valence-electron chi connectivity index (χ4n) is 3.21. The number of hydrogen-bond acceptors (Lipinski definition) is 6. The highest BCUT2D eigenvalue weighted by atomic mass is 32.2. The molecule has 0 aromatic heterocycles. The van der Waals surface area contributed by atoms with Crippen molar-refractivity contribution >= 4 is 22.0 Å². The number of benzene rings is 1. The molecule has 1 aromatic carbocycles. The van der Waals surface area contributed by atoms with Gasteiger partial charge in [-0.1, -0.05) is 0 Å². The van der Waals surface area contributed by atoms with E-state index in [4.69, 9.17) is 14.2 Å². The van der Waals surface area contributed by atoms with Crippen molar-refractivity contribution in [3.8, 4) is 17.2 Å². The molecule has 1 amide bonds. The molecule has 0 atom stereocenters. The van der Waals surface area contributed by atoms with E-state index in [0.29, 0.717) is 43.4 Å². The Balaban J connectivity index is 1.64. The molecule has 154 valence electrons. The van der Waals surface area contributed by atoms with Crippen molar-refractivity contribution in [1.82, 2.24) is 9.21 Å². The number of hydrogen-bond donors (Lipinski definition) is 0. The zero-order valence-corrected chi connectivity index (χ0v) is 17.2. The van der Waals surface area contributed by atoms with Gasteiger partial charge in [-0.15, -0.1) is 0 Å². The average Bonchev–Trinajstić information content (AvgIpc) is 3.57. The van der Waals surface area contributed by atoms with Crippen molar-refractivity contribution in [2.24, 2.45) is 0 Å². The summed E-state index contributed by atoms with van der Waals surface area (Å²) in [4.78, 5) is 14.2. The van der Waals surface area contributed by atoms with Crippen LogP contribution in [0.15, 0.2) is 18.2 Å². The summed E-state index contributed by atoms with van der Waals surface area (Å²) >= 11 is 0. The Kier molecular flexibility index (Phi) is 6.14. The van der Waals surface area contributed by atoms with Gasteiger partial charge in [-0.2, -0.15) is 4.31 Å². The van der Waals surface area contributed by atoms with Gasteiger partial charge in [0.1, 0.15) is 0 Å². The van der Waals surface area contributed by atoms with Crippen LogP contribution in [-0.2, 0) is 14.8 Å². The van der Waals surface area contributed by atoms with E-state index >= 15 is 0 Å². The van der Waals surface area contributed by atoms with Gasteiger partial charge in [0, 0.05) is 32.3 Å². The van der Waals surface area contributed by atoms with Crippen LogP contribution in [0.2, 0.25) is 0 Å². The van der Waals surface area contributed by atoms with Crippen molar-refractivity contribution < 1.29 is 27.4 Å². The molecule has 1 aliphatic heterocycles. The Morgan fingerprint density at radius 2 is 1.57 bits per heavy atom. The highest BCUT2D eigenvalue weighted by Gasteiger charge is 2.41. The SMILES string of the molecule is COc1cc(/C=C/C(=O)N2CCN(S(=O)(=O)C3CC3)CC2)cc(OC)c1OC. The first kappa shape index (κ1) is 20.5. The molecule has 0 spiro atoms. The lowest BCUT2D eigenvalue weighted by Crippen LogP contribution is -2.50. The van der Waals surface area contributed by atoms with Gasteiger partial charge >= 0.3 is 0 Å². The van der Waals surface area contributed by atoms with Crippen LogP contribution in [0.1, 0.15) is 18.4 Å². The first-order valence-corrected chi connectivity index (χ1v) is 10.7. The summed E-state index contributed by atoms with van der Waals surface area (Å²) in [5.41, 5.74) is 0.734. The zero-order chi connectivity index (χ0) is 20.3. The summed E-state index contributed by atoms with van der Waals surface area (Å²) in [5, 5.41) is -0.213. The van der Waals surface area contributed by atoms with Crippen LogP contribution in [0.25, 0.3) is 6.08 Å². The molecule has 3 rings (SSSR count). The van der Waals surface area contributed by atoms with Gasteiger partial charge in [0.2, 0.25) is 21.7 Å². The topological polar surface area (TPSA) is 85.4 Å². The fourth-order valence-corrected chi connectivity index (χ4v) is 5.04. The second kappa shape index (κ2) is 8.40. The Hall–Kier alpha value is -2.26. The Morgan fingerprint density at radius 1 is 1.00 bits per heavy atom. The van der Waals surface area contributed by atoms with E-state index in [1.807, 2.05) is 0 Å². The van der Waals surface area contributed by atoms with Gasteiger partial charge in [-0.25, -0.2) is 8.42 Å². The Bertz CT molecular complexity index is 830. The first-order chi connectivity index (χ1) is 13.4. The van der Waals surface area contributed by atoms with Gasteiger partial charge in [0.15, 0.2) is 11.5 Å². The number of carbonyl (C=O) groups is 1. The lowest BCUT2D eigenvalue weighted by molar-refractivity contribution is -0.127. The molecule has 2 aliphatic rings. The van der Waals surface area contributed by atoms with Crippen LogP contribution in [0.5, 0.6) is 17.2 Å². The maximum atomic E-state index is 12.5. The highest BCUT2D eigenvalue weighted by Crippen LogP contribution is 2.38. The number of rotatable bonds is 7. The molecule has 8 nitrogen and oxygen atoms in total. The Labute approximate surface area is 165 Å². The van der Waals surface area contributed by atoms with Crippen LogP contribution in [-0.4, -0.2) is 76.3 Å². The minimum absolute atomic E-state index is 0.155. The maximum Gasteiger partial charge on any atom is 0.246 e. The second-order valence-electron chi connectivity index (χ2n) is 6.76. The van der Waals surface area contributed by atoms with Crippen LogP contribution in [0.3, 0.4) is 0 Å². The van der Waals surface area contributed by atoms with E-state index in [-0.39, 0.29) is 11.2 Å². The smallest absolute Gasteiger partial charge is 0.246 e. The third kappa shape index (κ3) is 4.25. The molecule has 9 heteroatoms. The van der Waals surface area contributed by atoms with E-state index in [0.717, 1.165) is 18.4 Å². The van der Waals surface area contributed by atoms with Crippen LogP contribution in [0, 0.1) is 0 Å². The fraction of sp³-hybridized carbons (Fsp3) is 0.526. The van der Waals surface area contributed by atoms with Crippen LogP contribution >= 0.6 is 0 Å². The van der Waals surface area contributed by atoms with E-state index in [1.54, 1.807) is 23.1 Å². The maximum absolute atomic E-state index is 12.5. The number of sulfonamides is 1. The molecule has 28 heavy (non-hydrogen) atoms. The van der Waals surface area contributed by atoms with Gasteiger partial charge in [-0.05, 0) is 36.6 Å². The summed E-state index contributed by atoms with van der Waals surface area (Å²) < 4.78 is 42.0. The molecule has 1 aliphatic carbocycles. The van der Waals surface area contributed by atoms with Gasteiger partial charge in [-0.3, -0.25) is 4.79 Å². The van der Waals surface area contributed by atoms with Gasteiger partial charge in [0.05, 0.1) is 26.6 Å². The largest absolute Gasteiger partial charge is 0.493 e. The summed E-state index contributed by atoms with van der Waals surface area (Å²) in [6.45, 7) is 1.49. The molecule has 0 bridgehead atoms. The van der Waals surface area contributed by atoms with Crippen LogP contribution < -0.4 is 14.2 Å². The van der Waals surface area contributed by atoms with Crippen molar-refractivity contribution in [3.63, 3.8) is 0 Å². The van der Waals surface area contributed by atoms with E-state index in [1.165, 1.54) is 31.7 Å². The highest BCUT2D eigenvalue weighted by molar-refractivity contribution is 7.90. The number of carbonyl (C=O) groups excluding carboxylic acids is 1. The van der Waals surface area contributed by atoms with E-state index in [2.05, 4.69) is 0 Å². The predicted molar refractivity (Wildman–Crippen MR) is 105 cm³/mol. The van der Waals surface area contributed by atoms with Crippen molar-refractivity contribution in [2.75, 3.05) is 47.5 Å². The lowest BCUT2D eigenvalue weighted by atomic mass is 10.1. The standard InChI is InChI=1S/C19H26N2O6S/c1-25-16-12-14(13-17(26-2)19(16)27-3)4-7-18(22)20-8-10-21(11-9-20)28(23,24)15-5-6-15/h4,7,12-13,15H,5-6,8-11H2,1-3H3/b7-4+. The van der Waals surface area contributed by atoms with Crippen molar-refractivity contribution in [1.29, 1.82) is 0 Å². The van der Waals surface area contributed by atoms with Gasteiger partial charge < -0.3 is 19.1 Å². The minimum Gasteiger partial charge on any atom is -0.493 e. The third-order valence-corrected chi connectivity index (χ3v) is 7.36. The van der Waals surface area contributed by atoms with E-state index < -0.39 is 10.0 Å². The molecule has 1 saturated carbocycles. The first-order valence-electron chi connectivity index (χ1n) is 9.16. The second-order valence-corrected chi connectivity index (χ2v) is 8.97. The molecule has 2 fully saturated rings. The molecule has 1 saturated heterocycles. The Morgan fingerprint density at radius 3 is 2.04 bits per heavy atom. The summed E-state index contributed by atoms with van der Waals surface area (Å²) in [6.07, 6.45) is 4.66. The van der Waals surface area contributed by atoms with E-state index in [9.17, 15) is 13.2 Å². The van der Waals surface area contributed by atoms with Crippen molar-refractivity contribution in [3.05, 3.63) is 23.8 Å². The average molecular weight is 410 g/mol. The normalized spacial score (nSPS) is 18.3. The predicted octanol–water partition coefficient (Wildman–Crippen LogP) is 1.36. The quantitative estimate of drug-likeness (QED) is 0.631. The number of methoxy groups -OCH3 is 3. The number of amides is 1. The molecule has 0 radical (unpaired) electrons.